The lowest BCUT2D eigenvalue weighted by Crippen LogP contribution is -2.40. The van der Waals surface area contributed by atoms with Gasteiger partial charge in [-0.05, 0) is 26.3 Å². The molecule has 0 spiro atoms. The Morgan fingerprint density at radius 2 is 2.00 bits per heavy atom. The number of nitro groups is 1. The average Bonchev–Trinajstić information content (AvgIpc) is 2.27. The maximum Gasteiger partial charge on any atom is 0.269 e. The zero-order valence-corrected chi connectivity index (χ0v) is 11.2. The van der Waals surface area contributed by atoms with E-state index in [0.29, 0.717) is 6.54 Å². The number of nitro benzene ring substituents is 1. The molecule has 18 heavy (non-hydrogen) atoms. The van der Waals surface area contributed by atoms with E-state index in [1.807, 2.05) is 6.07 Å². The first kappa shape index (κ1) is 14.6. The first-order valence-corrected chi connectivity index (χ1v) is 6.07. The lowest BCUT2D eigenvalue weighted by Gasteiger charge is -2.20. The highest BCUT2D eigenvalue weighted by Gasteiger charge is 2.07. The fourth-order valence-corrected chi connectivity index (χ4v) is 1.54. The molecule has 0 saturated heterocycles. The van der Waals surface area contributed by atoms with Crippen LogP contribution in [0.5, 0.6) is 0 Å². The third-order valence-electron chi connectivity index (χ3n) is 2.41. The molecule has 0 fully saturated rings. The van der Waals surface area contributed by atoms with Crippen LogP contribution in [0.25, 0.3) is 0 Å². The Morgan fingerprint density at radius 3 is 2.61 bits per heavy atom. The van der Waals surface area contributed by atoms with Gasteiger partial charge in [0.05, 0.1) is 4.92 Å². The van der Waals surface area contributed by atoms with Gasteiger partial charge in [0, 0.05) is 37.3 Å². The summed E-state index contributed by atoms with van der Waals surface area (Å²) in [4.78, 5) is 10.2. The monoisotopic (exact) mass is 251 g/mol. The van der Waals surface area contributed by atoms with E-state index in [1.165, 1.54) is 6.07 Å². The summed E-state index contributed by atoms with van der Waals surface area (Å²) in [5.41, 5.74) is 1.19. The number of nitrogens with zero attached hydrogens (tertiary/aromatic N) is 1. The van der Waals surface area contributed by atoms with E-state index in [2.05, 4.69) is 31.4 Å². The van der Waals surface area contributed by atoms with Gasteiger partial charge in [-0.3, -0.25) is 10.1 Å². The Labute approximate surface area is 108 Å². The predicted molar refractivity (Wildman–Crippen MR) is 72.6 cm³/mol. The van der Waals surface area contributed by atoms with Crippen molar-refractivity contribution in [1.29, 1.82) is 0 Å². The predicted octanol–water partition coefficient (Wildman–Crippen LogP) is 2.07. The van der Waals surface area contributed by atoms with Crippen LogP contribution in [0.3, 0.4) is 0 Å². The molecule has 0 bridgehead atoms. The second kappa shape index (κ2) is 6.47. The van der Waals surface area contributed by atoms with Gasteiger partial charge < -0.3 is 10.6 Å². The van der Waals surface area contributed by atoms with E-state index in [0.717, 1.165) is 18.7 Å². The smallest absolute Gasteiger partial charge is 0.269 e. The van der Waals surface area contributed by atoms with Crippen molar-refractivity contribution in [3.05, 3.63) is 39.9 Å². The Morgan fingerprint density at radius 1 is 1.28 bits per heavy atom. The SMILES string of the molecule is CC(C)(C)NCCNCc1cccc([N+](=O)[O-])c1. The minimum atomic E-state index is -0.370. The largest absolute Gasteiger partial charge is 0.311 e. The van der Waals surface area contributed by atoms with Crippen molar-refractivity contribution < 1.29 is 4.92 Å². The summed E-state index contributed by atoms with van der Waals surface area (Å²) in [5, 5.41) is 17.2. The molecular formula is C13H21N3O2. The second-order valence-corrected chi connectivity index (χ2v) is 5.28. The van der Waals surface area contributed by atoms with Crippen LogP contribution >= 0.6 is 0 Å². The molecule has 5 nitrogen and oxygen atoms in total. The molecule has 1 rings (SSSR count). The maximum atomic E-state index is 10.6. The highest BCUT2D eigenvalue weighted by atomic mass is 16.6. The van der Waals surface area contributed by atoms with Crippen molar-refractivity contribution in [3.63, 3.8) is 0 Å². The van der Waals surface area contributed by atoms with Crippen LogP contribution in [0.1, 0.15) is 26.3 Å². The summed E-state index contributed by atoms with van der Waals surface area (Å²) in [5.74, 6) is 0. The third-order valence-corrected chi connectivity index (χ3v) is 2.41. The number of hydrogen-bond donors (Lipinski definition) is 2. The molecule has 0 aromatic heterocycles. The molecule has 0 radical (unpaired) electrons. The zero-order valence-electron chi connectivity index (χ0n) is 11.2. The van der Waals surface area contributed by atoms with Gasteiger partial charge in [0.1, 0.15) is 0 Å². The molecule has 1 aromatic carbocycles. The number of hydrogen-bond acceptors (Lipinski definition) is 4. The first-order valence-electron chi connectivity index (χ1n) is 6.07. The fourth-order valence-electron chi connectivity index (χ4n) is 1.54. The number of non-ortho nitro benzene ring substituents is 1. The summed E-state index contributed by atoms with van der Waals surface area (Å²) < 4.78 is 0. The Balaban J connectivity index is 2.31. The Bertz CT molecular complexity index is 399. The molecule has 0 aliphatic rings. The second-order valence-electron chi connectivity index (χ2n) is 5.28. The minimum Gasteiger partial charge on any atom is -0.311 e. The van der Waals surface area contributed by atoms with E-state index in [-0.39, 0.29) is 16.1 Å². The quantitative estimate of drug-likeness (QED) is 0.461. The summed E-state index contributed by atoms with van der Waals surface area (Å²) in [6.45, 7) is 8.71. The molecule has 0 amide bonds. The fraction of sp³-hybridized carbons (Fsp3) is 0.538. The van der Waals surface area contributed by atoms with Crippen molar-refractivity contribution in [2.45, 2.75) is 32.9 Å². The van der Waals surface area contributed by atoms with Crippen molar-refractivity contribution in [2.24, 2.45) is 0 Å². The first-order chi connectivity index (χ1) is 8.38. The molecule has 1 aromatic rings. The summed E-state index contributed by atoms with van der Waals surface area (Å²) >= 11 is 0. The van der Waals surface area contributed by atoms with Gasteiger partial charge in [0.25, 0.3) is 5.69 Å². The Kier molecular flexibility index (Phi) is 5.25. The van der Waals surface area contributed by atoms with Gasteiger partial charge in [-0.1, -0.05) is 12.1 Å². The molecule has 0 saturated carbocycles. The van der Waals surface area contributed by atoms with Crippen molar-refractivity contribution in [3.8, 4) is 0 Å². The molecule has 0 atom stereocenters. The van der Waals surface area contributed by atoms with E-state index >= 15 is 0 Å². The highest BCUT2D eigenvalue weighted by Crippen LogP contribution is 2.12. The van der Waals surface area contributed by atoms with E-state index in [9.17, 15) is 10.1 Å². The summed E-state index contributed by atoms with van der Waals surface area (Å²) in [7, 11) is 0. The van der Waals surface area contributed by atoms with Crippen LogP contribution in [0.2, 0.25) is 0 Å². The van der Waals surface area contributed by atoms with Crippen LogP contribution in [-0.4, -0.2) is 23.6 Å². The van der Waals surface area contributed by atoms with Gasteiger partial charge in [-0.15, -0.1) is 0 Å². The molecule has 0 aliphatic heterocycles. The zero-order chi connectivity index (χ0) is 13.6. The third kappa shape index (κ3) is 5.75. The van der Waals surface area contributed by atoms with E-state index in [4.69, 9.17) is 0 Å². The van der Waals surface area contributed by atoms with Crippen LogP contribution in [0, 0.1) is 10.1 Å². The molecule has 2 N–H and O–H groups in total. The van der Waals surface area contributed by atoms with Gasteiger partial charge >= 0.3 is 0 Å². The molecule has 5 heteroatoms. The molecule has 0 heterocycles. The standard InChI is InChI=1S/C13H21N3O2/c1-13(2,3)15-8-7-14-10-11-5-4-6-12(9-11)16(17)18/h4-6,9,14-15H,7-8,10H2,1-3H3. The van der Waals surface area contributed by atoms with Gasteiger partial charge in [-0.2, -0.15) is 0 Å². The molecular weight excluding hydrogens is 230 g/mol. The lowest BCUT2D eigenvalue weighted by molar-refractivity contribution is -0.384. The van der Waals surface area contributed by atoms with Crippen molar-refractivity contribution >= 4 is 5.69 Å². The summed E-state index contributed by atoms with van der Waals surface area (Å²) in [6.07, 6.45) is 0. The van der Waals surface area contributed by atoms with E-state index in [1.54, 1.807) is 12.1 Å². The van der Waals surface area contributed by atoms with Crippen molar-refractivity contribution in [2.75, 3.05) is 13.1 Å². The van der Waals surface area contributed by atoms with Gasteiger partial charge in [0.2, 0.25) is 0 Å². The molecule has 0 aliphatic carbocycles. The van der Waals surface area contributed by atoms with E-state index < -0.39 is 0 Å². The lowest BCUT2D eigenvalue weighted by atomic mass is 10.1. The normalized spacial score (nSPS) is 11.5. The van der Waals surface area contributed by atoms with Crippen LogP contribution in [0.15, 0.2) is 24.3 Å². The number of nitrogens with one attached hydrogen (secondary N) is 2. The Hall–Kier alpha value is -1.46. The number of benzene rings is 1. The van der Waals surface area contributed by atoms with Crippen LogP contribution in [-0.2, 0) is 6.54 Å². The van der Waals surface area contributed by atoms with Crippen LogP contribution in [0.4, 0.5) is 5.69 Å². The summed E-state index contributed by atoms with van der Waals surface area (Å²) in [6, 6.07) is 6.70. The van der Waals surface area contributed by atoms with Crippen molar-refractivity contribution in [1.82, 2.24) is 10.6 Å². The van der Waals surface area contributed by atoms with Crippen LogP contribution < -0.4 is 10.6 Å². The topological polar surface area (TPSA) is 67.2 Å². The number of rotatable bonds is 6. The van der Waals surface area contributed by atoms with Gasteiger partial charge in [0.15, 0.2) is 0 Å². The minimum absolute atomic E-state index is 0.118. The highest BCUT2D eigenvalue weighted by molar-refractivity contribution is 5.34. The van der Waals surface area contributed by atoms with Gasteiger partial charge in [-0.25, -0.2) is 0 Å². The maximum absolute atomic E-state index is 10.6. The molecule has 0 unspecified atom stereocenters. The molecule has 100 valence electrons. The average molecular weight is 251 g/mol.